The van der Waals surface area contributed by atoms with Gasteiger partial charge < -0.3 is 20.1 Å². The minimum Gasteiger partial charge on any atom is -0.389 e. The lowest BCUT2D eigenvalue weighted by Crippen LogP contribution is -2.46. The SMILES string of the molecule is COC[C@@H](O)CNCC(=O)N1CCc2ccccc2C1C1=C(C(F)(F)F)C=CCC1. The van der Waals surface area contributed by atoms with Gasteiger partial charge in [-0.2, -0.15) is 13.2 Å². The van der Waals surface area contributed by atoms with Crippen molar-refractivity contribution in [3.63, 3.8) is 0 Å². The lowest BCUT2D eigenvalue weighted by Gasteiger charge is -2.40. The molecule has 1 amide bonds. The van der Waals surface area contributed by atoms with Crippen LogP contribution in [0.5, 0.6) is 0 Å². The van der Waals surface area contributed by atoms with Gasteiger partial charge in [0.15, 0.2) is 0 Å². The van der Waals surface area contributed by atoms with Gasteiger partial charge in [-0.25, -0.2) is 0 Å². The summed E-state index contributed by atoms with van der Waals surface area (Å²) in [5.74, 6) is -0.289. The Balaban J connectivity index is 1.90. The second-order valence-corrected chi connectivity index (χ2v) is 7.56. The van der Waals surface area contributed by atoms with E-state index in [2.05, 4.69) is 5.32 Å². The summed E-state index contributed by atoms with van der Waals surface area (Å²) in [6, 6.07) is 6.65. The molecular formula is C22H27F3N2O3. The molecule has 30 heavy (non-hydrogen) atoms. The van der Waals surface area contributed by atoms with E-state index in [9.17, 15) is 23.1 Å². The van der Waals surface area contributed by atoms with Gasteiger partial charge in [-0.15, -0.1) is 0 Å². The van der Waals surface area contributed by atoms with Crippen molar-refractivity contribution >= 4 is 5.91 Å². The van der Waals surface area contributed by atoms with Crippen LogP contribution in [0.15, 0.2) is 47.6 Å². The predicted molar refractivity (Wildman–Crippen MR) is 107 cm³/mol. The van der Waals surface area contributed by atoms with Crippen LogP contribution in [0.2, 0.25) is 0 Å². The molecular weight excluding hydrogens is 397 g/mol. The number of nitrogens with one attached hydrogen (secondary N) is 1. The Hall–Kier alpha value is -2.16. The Labute approximate surface area is 174 Å². The first kappa shape index (κ1) is 22.5. The summed E-state index contributed by atoms with van der Waals surface area (Å²) in [6.45, 7) is 0.577. The Bertz CT molecular complexity index is 820. The Morgan fingerprint density at radius 2 is 2.10 bits per heavy atom. The number of methoxy groups -OCH3 is 1. The minimum atomic E-state index is -4.48. The van der Waals surface area contributed by atoms with Gasteiger partial charge in [-0.3, -0.25) is 4.79 Å². The van der Waals surface area contributed by atoms with Crippen molar-refractivity contribution in [2.75, 3.05) is 33.4 Å². The molecule has 1 aromatic carbocycles. The zero-order chi connectivity index (χ0) is 21.7. The summed E-state index contributed by atoms with van der Waals surface area (Å²) in [6.07, 6.45) is -1.20. The third-order valence-corrected chi connectivity index (χ3v) is 5.47. The van der Waals surface area contributed by atoms with Crippen LogP contribution in [0, 0.1) is 0 Å². The van der Waals surface area contributed by atoms with Gasteiger partial charge in [0, 0.05) is 20.2 Å². The van der Waals surface area contributed by atoms with Crippen LogP contribution in [0.3, 0.4) is 0 Å². The number of aliphatic hydroxyl groups excluding tert-OH is 1. The zero-order valence-corrected chi connectivity index (χ0v) is 16.9. The third kappa shape index (κ3) is 5.11. The van der Waals surface area contributed by atoms with Gasteiger partial charge in [0.05, 0.1) is 30.9 Å². The van der Waals surface area contributed by atoms with E-state index >= 15 is 0 Å². The molecule has 0 bridgehead atoms. The number of allylic oxidation sites excluding steroid dienone is 3. The summed E-state index contributed by atoms with van der Waals surface area (Å²) in [4.78, 5) is 14.5. The number of benzene rings is 1. The molecule has 1 aliphatic heterocycles. The van der Waals surface area contributed by atoms with Crippen molar-refractivity contribution < 1.29 is 27.8 Å². The maximum Gasteiger partial charge on any atom is 0.416 e. The molecule has 1 aliphatic carbocycles. The highest BCUT2D eigenvalue weighted by atomic mass is 19.4. The number of hydrogen-bond donors (Lipinski definition) is 2. The van der Waals surface area contributed by atoms with Crippen LogP contribution in [0.25, 0.3) is 0 Å². The first-order valence-corrected chi connectivity index (χ1v) is 10.0. The molecule has 0 saturated heterocycles. The van der Waals surface area contributed by atoms with Crippen LogP contribution in [0.4, 0.5) is 13.2 Å². The number of fused-ring (bicyclic) bond motifs is 1. The number of amides is 1. The van der Waals surface area contributed by atoms with E-state index in [0.29, 0.717) is 19.4 Å². The maximum atomic E-state index is 13.8. The summed E-state index contributed by atoms with van der Waals surface area (Å²) in [5, 5.41) is 12.6. The molecule has 1 unspecified atom stereocenters. The number of rotatable bonds is 7. The molecule has 0 saturated carbocycles. The topological polar surface area (TPSA) is 61.8 Å². The number of halogens is 3. The molecule has 3 rings (SSSR count). The van der Waals surface area contributed by atoms with Gasteiger partial charge in [0.25, 0.3) is 0 Å². The van der Waals surface area contributed by atoms with E-state index < -0.39 is 23.9 Å². The molecule has 0 spiro atoms. The molecule has 0 radical (unpaired) electrons. The highest BCUT2D eigenvalue weighted by molar-refractivity contribution is 5.80. The first-order valence-electron chi connectivity index (χ1n) is 10.0. The van der Waals surface area contributed by atoms with Gasteiger partial charge >= 0.3 is 6.18 Å². The molecule has 2 N–H and O–H groups in total. The molecule has 0 fully saturated rings. The van der Waals surface area contributed by atoms with E-state index in [1.165, 1.54) is 18.1 Å². The second kappa shape index (κ2) is 9.76. The van der Waals surface area contributed by atoms with Gasteiger partial charge in [-0.1, -0.05) is 36.4 Å². The number of hydrogen-bond acceptors (Lipinski definition) is 4. The van der Waals surface area contributed by atoms with Crippen molar-refractivity contribution in [3.8, 4) is 0 Å². The van der Waals surface area contributed by atoms with E-state index in [1.54, 1.807) is 6.07 Å². The lowest BCUT2D eigenvalue weighted by molar-refractivity contribution is -0.132. The average molecular weight is 424 g/mol. The molecule has 2 atom stereocenters. The fourth-order valence-electron chi connectivity index (χ4n) is 4.15. The van der Waals surface area contributed by atoms with E-state index in [1.807, 2.05) is 18.2 Å². The fraction of sp³-hybridized carbons (Fsp3) is 0.500. The fourth-order valence-corrected chi connectivity index (χ4v) is 4.15. The number of aliphatic hydroxyl groups is 1. The van der Waals surface area contributed by atoms with Crippen molar-refractivity contribution in [1.29, 1.82) is 0 Å². The highest BCUT2D eigenvalue weighted by Crippen LogP contribution is 2.44. The number of nitrogens with zero attached hydrogens (tertiary/aromatic N) is 1. The van der Waals surface area contributed by atoms with E-state index in [-0.39, 0.29) is 37.6 Å². The Kier molecular flexibility index (Phi) is 7.33. The molecule has 2 aliphatic rings. The summed E-state index contributed by atoms with van der Waals surface area (Å²) >= 11 is 0. The quantitative estimate of drug-likeness (QED) is 0.707. The normalized spacial score (nSPS) is 20.3. The van der Waals surface area contributed by atoms with Crippen LogP contribution >= 0.6 is 0 Å². The standard InChI is InChI=1S/C22H27F3N2O3/c1-30-14-16(28)12-26-13-20(29)27-11-10-15-6-2-3-7-17(15)21(27)18-8-4-5-9-19(18)22(23,24)25/h2-3,5-7,9,16,21,26,28H,4,8,10-14H2,1H3/t16-,21?/m0/s1. The van der Waals surface area contributed by atoms with Gasteiger partial charge in [0.1, 0.15) is 0 Å². The predicted octanol–water partition coefficient (Wildman–Crippen LogP) is 2.92. The molecule has 1 aromatic rings. The number of alkyl halides is 3. The molecule has 0 aromatic heterocycles. The van der Waals surface area contributed by atoms with E-state index in [4.69, 9.17) is 4.74 Å². The third-order valence-electron chi connectivity index (χ3n) is 5.47. The number of carbonyl (C=O) groups is 1. The minimum absolute atomic E-state index is 0.0656. The monoisotopic (exact) mass is 424 g/mol. The van der Waals surface area contributed by atoms with Crippen LogP contribution in [0.1, 0.15) is 30.0 Å². The van der Waals surface area contributed by atoms with Crippen molar-refractivity contribution in [1.82, 2.24) is 10.2 Å². The summed E-state index contributed by atoms with van der Waals surface area (Å²) < 4.78 is 46.1. The molecule has 164 valence electrons. The van der Waals surface area contributed by atoms with Crippen LogP contribution < -0.4 is 5.32 Å². The van der Waals surface area contributed by atoms with Gasteiger partial charge in [0.2, 0.25) is 5.91 Å². The summed E-state index contributed by atoms with van der Waals surface area (Å²) in [7, 11) is 1.47. The maximum absolute atomic E-state index is 13.8. The number of carbonyl (C=O) groups excluding carboxylic acids is 1. The number of ether oxygens (including phenoxy) is 1. The first-order chi connectivity index (χ1) is 14.3. The average Bonchev–Trinajstić information content (AvgIpc) is 2.72. The van der Waals surface area contributed by atoms with Gasteiger partial charge in [-0.05, 0) is 36.0 Å². The van der Waals surface area contributed by atoms with Crippen molar-refractivity contribution in [2.24, 2.45) is 0 Å². The highest BCUT2D eigenvalue weighted by Gasteiger charge is 2.41. The second-order valence-electron chi connectivity index (χ2n) is 7.56. The van der Waals surface area contributed by atoms with Crippen molar-refractivity contribution in [2.45, 2.75) is 37.6 Å². The Morgan fingerprint density at radius 3 is 2.83 bits per heavy atom. The lowest BCUT2D eigenvalue weighted by atomic mass is 9.82. The zero-order valence-electron chi connectivity index (χ0n) is 16.9. The smallest absolute Gasteiger partial charge is 0.389 e. The largest absolute Gasteiger partial charge is 0.416 e. The van der Waals surface area contributed by atoms with E-state index in [0.717, 1.165) is 17.2 Å². The molecule has 8 heteroatoms. The molecule has 1 heterocycles. The Morgan fingerprint density at radius 1 is 1.33 bits per heavy atom. The summed E-state index contributed by atoms with van der Waals surface area (Å²) in [5.41, 5.74) is 1.31. The van der Waals surface area contributed by atoms with Crippen LogP contribution in [-0.4, -0.2) is 61.5 Å². The van der Waals surface area contributed by atoms with Crippen molar-refractivity contribution in [3.05, 3.63) is 58.7 Å². The molecule has 5 nitrogen and oxygen atoms in total. The van der Waals surface area contributed by atoms with Crippen LogP contribution in [-0.2, 0) is 16.0 Å².